The summed E-state index contributed by atoms with van der Waals surface area (Å²) in [4.78, 5) is 25.0. The Kier molecular flexibility index (Phi) is 3.67. The number of likely N-dealkylation sites (N-methyl/N-ethyl adjacent to an activating group) is 1. The summed E-state index contributed by atoms with van der Waals surface area (Å²) in [6, 6.07) is 4.87. The van der Waals surface area contributed by atoms with E-state index < -0.39 is 5.60 Å². The Labute approximate surface area is 117 Å². The zero-order chi connectivity index (χ0) is 14.9. The van der Waals surface area contributed by atoms with Crippen molar-refractivity contribution in [1.29, 1.82) is 0 Å². The van der Waals surface area contributed by atoms with Gasteiger partial charge in [0.1, 0.15) is 5.75 Å². The number of carbonyl (C=O) groups excluding carboxylic acids is 2. The van der Waals surface area contributed by atoms with Crippen molar-refractivity contribution in [3.05, 3.63) is 23.8 Å². The summed E-state index contributed by atoms with van der Waals surface area (Å²) in [7, 11) is 1.62. The molecule has 1 heterocycles. The fourth-order valence-electron chi connectivity index (χ4n) is 2.09. The van der Waals surface area contributed by atoms with Crippen LogP contribution in [0.2, 0.25) is 0 Å². The smallest absolute Gasteiger partial charge is 0.262 e. The van der Waals surface area contributed by atoms with Crippen molar-refractivity contribution in [2.24, 2.45) is 0 Å². The fraction of sp³-hybridized carbons (Fsp3) is 0.429. The maximum absolute atomic E-state index is 12.3. The number of hydrogen-bond acceptors (Lipinski definition) is 4. The van der Waals surface area contributed by atoms with Gasteiger partial charge in [-0.3, -0.25) is 9.59 Å². The van der Waals surface area contributed by atoms with Crippen LogP contribution >= 0.6 is 0 Å². The minimum Gasteiger partial charge on any atom is -0.482 e. The molecule has 0 atom stereocenters. The van der Waals surface area contributed by atoms with Gasteiger partial charge in [-0.15, -0.1) is 0 Å². The Morgan fingerprint density at radius 3 is 2.85 bits per heavy atom. The van der Waals surface area contributed by atoms with Gasteiger partial charge in [0.2, 0.25) is 0 Å². The van der Waals surface area contributed by atoms with Gasteiger partial charge in [-0.2, -0.15) is 0 Å². The van der Waals surface area contributed by atoms with Crippen LogP contribution in [-0.2, 0) is 4.79 Å². The molecular formula is C14H18N2O4. The van der Waals surface area contributed by atoms with Crippen LogP contribution in [0, 0.1) is 0 Å². The Balaban J connectivity index is 2.19. The predicted octanol–water partition coefficient (Wildman–Crippen LogP) is 0.860. The summed E-state index contributed by atoms with van der Waals surface area (Å²) in [5.41, 5.74) is -0.0410. The van der Waals surface area contributed by atoms with E-state index in [9.17, 15) is 14.7 Å². The molecule has 2 rings (SSSR count). The molecule has 6 nitrogen and oxygen atoms in total. The third-order valence-corrected chi connectivity index (χ3v) is 2.83. The lowest BCUT2D eigenvalue weighted by Gasteiger charge is -2.26. The standard InChI is InChI=1S/C14H18N2O4/c1-14(2,19)8-16(3)13(18)9-4-5-11-10(6-9)15-12(17)7-20-11/h4-6,19H,7-8H2,1-3H3,(H,15,17). The van der Waals surface area contributed by atoms with Gasteiger partial charge in [0.15, 0.2) is 6.61 Å². The minimum atomic E-state index is -0.962. The average molecular weight is 278 g/mol. The summed E-state index contributed by atoms with van der Waals surface area (Å²) in [6.07, 6.45) is 0. The van der Waals surface area contributed by atoms with E-state index in [-0.39, 0.29) is 25.0 Å². The topological polar surface area (TPSA) is 78.9 Å². The lowest BCUT2D eigenvalue weighted by atomic mass is 10.1. The quantitative estimate of drug-likeness (QED) is 0.859. The van der Waals surface area contributed by atoms with Gasteiger partial charge in [-0.05, 0) is 32.0 Å². The first-order valence-corrected chi connectivity index (χ1v) is 6.31. The zero-order valence-electron chi connectivity index (χ0n) is 11.8. The largest absolute Gasteiger partial charge is 0.482 e. The van der Waals surface area contributed by atoms with Crippen molar-refractivity contribution in [3.8, 4) is 5.75 Å². The molecule has 108 valence electrons. The van der Waals surface area contributed by atoms with Gasteiger partial charge >= 0.3 is 0 Å². The van der Waals surface area contributed by atoms with Gasteiger partial charge in [-0.25, -0.2) is 0 Å². The van der Waals surface area contributed by atoms with E-state index >= 15 is 0 Å². The zero-order valence-corrected chi connectivity index (χ0v) is 11.8. The summed E-state index contributed by atoms with van der Waals surface area (Å²) in [5, 5.41) is 12.4. The predicted molar refractivity (Wildman–Crippen MR) is 73.8 cm³/mol. The van der Waals surface area contributed by atoms with E-state index in [0.717, 1.165) is 0 Å². The molecule has 6 heteroatoms. The molecule has 1 aromatic rings. The molecule has 1 aliphatic heterocycles. The van der Waals surface area contributed by atoms with Gasteiger partial charge in [0.05, 0.1) is 11.3 Å². The monoisotopic (exact) mass is 278 g/mol. The van der Waals surface area contributed by atoms with Crippen molar-refractivity contribution in [2.75, 3.05) is 25.5 Å². The second-order valence-electron chi connectivity index (χ2n) is 5.52. The van der Waals surface area contributed by atoms with Crippen LogP contribution in [0.3, 0.4) is 0 Å². The highest BCUT2D eigenvalue weighted by Crippen LogP contribution is 2.28. The van der Waals surface area contributed by atoms with E-state index in [1.165, 1.54) is 4.90 Å². The Morgan fingerprint density at radius 2 is 2.20 bits per heavy atom. The highest BCUT2D eigenvalue weighted by Gasteiger charge is 2.22. The SMILES string of the molecule is CN(CC(C)(C)O)C(=O)c1ccc2c(c1)NC(=O)CO2. The minimum absolute atomic E-state index is 0.0150. The lowest BCUT2D eigenvalue weighted by molar-refractivity contribution is -0.118. The molecule has 2 N–H and O–H groups in total. The molecule has 0 aliphatic carbocycles. The molecule has 0 saturated carbocycles. The molecule has 1 aromatic carbocycles. The van der Waals surface area contributed by atoms with Gasteiger partial charge in [-0.1, -0.05) is 0 Å². The van der Waals surface area contributed by atoms with E-state index in [4.69, 9.17) is 4.74 Å². The highest BCUT2D eigenvalue weighted by molar-refractivity contribution is 5.99. The van der Waals surface area contributed by atoms with E-state index in [2.05, 4.69) is 5.32 Å². The number of nitrogens with one attached hydrogen (secondary N) is 1. The van der Waals surface area contributed by atoms with Crippen molar-refractivity contribution in [3.63, 3.8) is 0 Å². The van der Waals surface area contributed by atoms with Crippen molar-refractivity contribution >= 4 is 17.5 Å². The van der Waals surface area contributed by atoms with Crippen LogP contribution < -0.4 is 10.1 Å². The summed E-state index contributed by atoms with van der Waals surface area (Å²) in [6.45, 7) is 3.47. The molecule has 0 saturated heterocycles. The first-order valence-electron chi connectivity index (χ1n) is 6.31. The summed E-state index contributed by atoms with van der Waals surface area (Å²) >= 11 is 0. The maximum Gasteiger partial charge on any atom is 0.262 e. The molecular weight excluding hydrogens is 260 g/mol. The molecule has 0 radical (unpaired) electrons. The fourth-order valence-corrected chi connectivity index (χ4v) is 2.09. The number of ether oxygens (including phenoxy) is 1. The molecule has 0 spiro atoms. The third kappa shape index (κ3) is 3.27. The summed E-state index contributed by atoms with van der Waals surface area (Å²) in [5.74, 6) is 0.0768. The number of hydrogen-bond donors (Lipinski definition) is 2. The summed E-state index contributed by atoms with van der Waals surface area (Å²) < 4.78 is 5.23. The van der Waals surface area contributed by atoms with Crippen LogP contribution in [-0.4, -0.2) is 47.6 Å². The van der Waals surface area contributed by atoms with E-state index in [1.54, 1.807) is 39.1 Å². The molecule has 1 aliphatic rings. The highest BCUT2D eigenvalue weighted by atomic mass is 16.5. The van der Waals surface area contributed by atoms with Crippen LogP contribution in [0.1, 0.15) is 24.2 Å². The normalized spacial score (nSPS) is 14.1. The lowest BCUT2D eigenvalue weighted by Crippen LogP contribution is -2.39. The number of benzene rings is 1. The number of amides is 2. The molecule has 0 bridgehead atoms. The van der Waals surface area contributed by atoms with E-state index in [1.807, 2.05) is 0 Å². The van der Waals surface area contributed by atoms with Gasteiger partial charge in [0, 0.05) is 19.2 Å². The number of carbonyl (C=O) groups is 2. The maximum atomic E-state index is 12.3. The second kappa shape index (κ2) is 5.13. The number of fused-ring (bicyclic) bond motifs is 1. The number of aliphatic hydroxyl groups is 1. The van der Waals surface area contributed by atoms with Crippen LogP contribution in [0.15, 0.2) is 18.2 Å². The third-order valence-electron chi connectivity index (χ3n) is 2.83. The Hall–Kier alpha value is -2.08. The van der Waals surface area contributed by atoms with Gasteiger partial charge in [0.25, 0.3) is 11.8 Å². The number of nitrogens with zero attached hydrogens (tertiary/aromatic N) is 1. The molecule has 0 unspecified atom stereocenters. The number of rotatable bonds is 3. The van der Waals surface area contributed by atoms with Crippen LogP contribution in [0.25, 0.3) is 0 Å². The van der Waals surface area contributed by atoms with Crippen molar-refractivity contribution in [2.45, 2.75) is 19.4 Å². The van der Waals surface area contributed by atoms with Crippen LogP contribution in [0.5, 0.6) is 5.75 Å². The molecule has 0 aromatic heterocycles. The first kappa shape index (κ1) is 14.3. The number of anilines is 1. The molecule has 0 fully saturated rings. The molecule has 20 heavy (non-hydrogen) atoms. The van der Waals surface area contributed by atoms with Crippen molar-refractivity contribution < 1.29 is 19.4 Å². The second-order valence-corrected chi connectivity index (χ2v) is 5.52. The van der Waals surface area contributed by atoms with E-state index in [0.29, 0.717) is 17.0 Å². The Morgan fingerprint density at radius 1 is 1.50 bits per heavy atom. The first-order chi connectivity index (χ1) is 9.26. The molecule has 2 amide bonds. The van der Waals surface area contributed by atoms with Crippen LogP contribution in [0.4, 0.5) is 5.69 Å². The average Bonchev–Trinajstić information content (AvgIpc) is 2.34. The van der Waals surface area contributed by atoms with Gasteiger partial charge < -0.3 is 20.1 Å². The van der Waals surface area contributed by atoms with Crippen molar-refractivity contribution in [1.82, 2.24) is 4.90 Å². The Bertz CT molecular complexity index is 549.